The van der Waals surface area contributed by atoms with Crippen LogP contribution in [-0.2, 0) is 9.47 Å². The Balaban J connectivity index is 1.86. The molecule has 0 aromatic heterocycles. The van der Waals surface area contributed by atoms with Crippen LogP contribution < -0.4 is 0 Å². The maximum absolute atomic E-state index is 8.88. The van der Waals surface area contributed by atoms with Crippen molar-refractivity contribution in [2.75, 3.05) is 26.4 Å². The molecule has 2 N–H and O–H groups in total. The first-order valence-electron chi connectivity index (χ1n) is 10.7. The second kappa shape index (κ2) is 13.7. The van der Waals surface area contributed by atoms with E-state index in [1.54, 1.807) is 0 Å². The number of hydrogen-bond acceptors (Lipinski definition) is 4. The van der Waals surface area contributed by atoms with Gasteiger partial charge in [-0.25, -0.2) is 0 Å². The third-order valence-electron chi connectivity index (χ3n) is 5.03. The van der Waals surface area contributed by atoms with Crippen molar-refractivity contribution in [2.45, 2.75) is 63.6 Å². The number of allylic oxidation sites excluding steroid dienone is 2. The molecule has 0 fully saturated rings. The minimum atomic E-state index is -0.674. The zero-order valence-electron chi connectivity index (χ0n) is 17.0. The lowest BCUT2D eigenvalue weighted by molar-refractivity contribution is -0.203. The van der Waals surface area contributed by atoms with E-state index in [2.05, 4.69) is 42.5 Å². The van der Waals surface area contributed by atoms with Crippen LogP contribution in [0, 0.1) is 0 Å². The SMILES string of the molecule is OCCCCCCOC1(OCCCCCCO)C=CC(c2ccccc2)=CC1. The minimum absolute atomic E-state index is 0.264. The van der Waals surface area contributed by atoms with Gasteiger partial charge in [0.2, 0.25) is 0 Å². The molecular formula is C24H36O4. The molecule has 1 aliphatic carbocycles. The fraction of sp³-hybridized carbons (Fsp3) is 0.583. The van der Waals surface area contributed by atoms with Crippen molar-refractivity contribution < 1.29 is 19.7 Å². The van der Waals surface area contributed by atoms with Gasteiger partial charge in [0.05, 0.1) is 13.2 Å². The van der Waals surface area contributed by atoms with Crippen LogP contribution in [-0.4, -0.2) is 42.4 Å². The summed E-state index contributed by atoms with van der Waals surface area (Å²) in [6.45, 7) is 1.85. The summed E-state index contributed by atoms with van der Waals surface area (Å²) in [6.07, 6.45) is 15.0. The van der Waals surface area contributed by atoms with Gasteiger partial charge in [0.15, 0.2) is 5.79 Å². The molecule has 0 heterocycles. The van der Waals surface area contributed by atoms with Crippen LogP contribution >= 0.6 is 0 Å². The fourth-order valence-electron chi connectivity index (χ4n) is 3.33. The lowest BCUT2D eigenvalue weighted by atomic mass is 9.96. The van der Waals surface area contributed by atoms with E-state index in [9.17, 15) is 0 Å². The predicted octanol–water partition coefficient (Wildman–Crippen LogP) is 4.86. The van der Waals surface area contributed by atoms with Crippen LogP contribution in [0.4, 0.5) is 0 Å². The molecule has 28 heavy (non-hydrogen) atoms. The zero-order valence-corrected chi connectivity index (χ0v) is 17.0. The zero-order chi connectivity index (χ0) is 19.9. The Labute approximate surface area is 169 Å². The van der Waals surface area contributed by atoms with Crippen LogP contribution in [0.1, 0.15) is 63.4 Å². The van der Waals surface area contributed by atoms with Crippen molar-refractivity contribution in [3.8, 4) is 0 Å². The number of benzene rings is 1. The quantitative estimate of drug-likeness (QED) is 0.333. The molecule has 0 atom stereocenters. The fourth-order valence-corrected chi connectivity index (χ4v) is 3.33. The first-order valence-corrected chi connectivity index (χ1v) is 10.7. The average molecular weight is 389 g/mol. The van der Waals surface area contributed by atoms with Crippen LogP contribution in [0.25, 0.3) is 5.57 Å². The maximum Gasteiger partial charge on any atom is 0.191 e. The van der Waals surface area contributed by atoms with E-state index in [-0.39, 0.29) is 13.2 Å². The normalized spacial score (nSPS) is 15.6. The molecule has 1 aromatic rings. The highest BCUT2D eigenvalue weighted by Gasteiger charge is 2.30. The second-order valence-electron chi connectivity index (χ2n) is 7.35. The van der Waals surface area contributed by atoms with Crippen LogP contribution in [0.5, 0.6) is 0 Å². The third-order valence-corrected chi connectivity index (χ3v) is 5.03. The summed E-state index contributed by atoms with van der Waals surface area (Å²) in [4.78, 5) is 0. The van der Waals surface area contributed by atoms with Crippen molar-refractivity contribution in [3.05, 3.63) is 54.1 Å². The first-order chi connectivity index (χ1) is 13.8. The molecule has 0 radical (unpaired) electrons. The lowest BCUT2D eigenvalue weighted by Crippen LogP contribution is -2.35. The Kier molecular flexibility index (Phi) is 11.1. The largest absolute Gasteiger partial charge is 0.396 e. The Morgan fingerprint density at radius 3 is 1.82 bits per heavy atom. The van der Waals surface area contributed by atoms with Gasteiger partial charge >= 0.3 is 0 Å². The molecule has 0 aliphatic heterocycles. The molecule has 2 rings (SSSR count). The van der Waals surface area contributed by atoms with E-state index in [0.29, 0.717) is 19.6 Å². The monoisotopic (exact) mass is 388 g/mol. The molecule has 4 heteroatoms. The van der Waals surface area contributed by atoms with E-state index in [1.165, 1.54) is 11.1 Å². The predicted molar refractivity (Wildman–Crippen MR) is 114 cm³/mol. The van der Waals surface area contributed by atoms with Crippen molar-refractivity contribution in [3.63, 3.8) is 0 Å². The molecule has 0 spiro atoms. The molecule has 0 saturated heterocycles. The highest BCUT2D eigenvalue weighted by molar-refractivity contribution is 5.75. The van der Waals surface area contributed by atoms with Crippen molar-refractivity contribution in [2.24, 2.45) is 0 Å². The standard InChI is InChI=1S/C24H36O4/c25-18-8-1-3-10-20-27-24(28-21-11-4-2-9-19-26)16-14-23(15-17-24)22-12-6-5-7-13-22/h5-7,12-16,25-26H,1-4,8-11,17-21H2. The Hall–Kier alpha value is -1.46. The summed E-state index contributed by atoms with van der Waals surface area (Å²) in [5.41, 5.74) is 2.41. The van der Waals surface area contributed by atoms with Crippen LogP contribution in [0.3, 0.4) is 0 Å². The van der Waals surface area contributed by atoms with Crippen LogP contribution in [0.2, 0.25) is 0 Å². The van der Waals surface area contributed by atoms with E-state index < -0.39 is 5.79 Å². The van der Waals surface area contributed by atoms with E-state index in [4.69, 9.17) is 19.7 Å². The smallest absolute Gasteiger partial charge is 0.191 e. The minimum Gasteiger partial charge on any atom is -0.396 e. The molecule has 0 unspecified atom stereocenters. The van der Waals surface area contributed by atoms with Gasteiger partial charge in [-0.3, -0.25) is 0 Å². The van der Waals surface area contributed by atoms with Crippen LogP contribution in [0.15, 0.2) is 48.6 Å². The number of unbranched alkanes of at least 4 members (excludes halogenated alkanes) is 6. The Morgan fingerprint density at radius 1 is 0.750 bits per heavy atom. The summed E-state index contributed by atoms with van der Waals surface area (Å²) < 4.78 is 12.4. The maximum atomic E-state index is 8.88. The number of hydrogen-bond donors (Lipinski definition) is 2. The number of ether oxygens (including phenoxy) is 2. The summed E-state index contributed by atoms with van der Waals surface area (Å²) >= 11 is 0. The van der Waals surface area contributed by atoms with E-state index >= 15 is 0 Å². The summed E-state index contributed by atoms with van der Waals surface area (Å²) in [7, 11) is 0. The molecule has 4 nitrogen and oxygen atoms in total. The van der Waals surface area contributed by atoms with Gasteiger partial charge in [0.1, 0.15) is 0 Å². The second-order valence-corrected chi connectivity index (χ2v) is 7.35. The van der Waals surface area contributed by atoms with Gasteiger partial charge in [0, 0.05) is 19.6 Å². The van der Waals surface area contributed by atoms with Gasteiger partial charge < -0.3 is 19.7 Å². The Bertz CT molecular complexity index is 564. The van der Waals surface area contributed by atoms with Crippen molar-refractivity contribution in [1.29, 1.82) is 0 Å². The molecule has 1 aliphatic rings. The van der Waals surface area contributed by atoms with E-state index in [0.717, 1.165) is 51.4 Å². The lowest BCUT2D eigenvalue weighted by Gasteiger charge is -2.33. The van der Waals surface area contributed by atoms with Gasteiger partial charge in [0.25, 0.3) is 0 Å². The molecule has 0 bridgehead atoms. The van der Waals surface area contributed by atoms with E-state index in [1.807, 2.05) is 6.07 Å². The summed E-state index contributed by atoms with van der Waals surface area (Å²) in [6, 6.07) is 10.4. The highest BCUT2D eigenvalue weighted by atomic mass is 16.7. The third kappa shape index (κ3) is 8.27. The average Bonchev–Trinajstić information content (AvgIpc) is 2.74. The molecule has 1 aromatic carbocycles. The molecular weight excluding hydrogens is 352 g/mol. The van der Waals surface area contributed by atoms with Crippen molar-refractivity contribution >= 4 is 5.57 Å². The topological polar surface area (TPSA) is 58.9 Å². The molecule has 156 valence electrons. The Morgan fingerprint density at radius 2 is 1.32 bits per heavy atom. The van der Waals surface area contributed by atoms with Gasteiger partial charge in [-0.2, -0.15) is 0 Å². The number of aliphatic hydroxyl groups excluding tert-OH is 2. The number of rotatable bonds is 15. The highest BCUT2D eigenvalue weighted by Crippen LogP contribution is 2.31. The number of aliphatic hydroxyl groups is 2. The summed E-state index contributed by atoms with van der Waals surface area (Å²) in [5, 5.41) is 17.8. The molecule has 0 amide bonds. The van der Waals surface area contributed by atoms with Crippen molar-refractivity contribution in [1.82, 2.24) is 0 Å². The van der Waals surface area contributed by atoms with Gasteiger partial charge in [-0.1, -0.05) is 68.2 Å². The first kappa shape index (κ1) is 22.8. The van der Waals surface area contributed by atoms with Gasteiger partial charge in [-0.05, 0) is 42.9 Å². The molecule has 0 saturated carbocycles. The van der Waals surface area contributed by atoms with Gasteiger partial charge in [-0.15, -0.1) is 0 Å². The summed E-state index contributed by atoms with van der Waals surface area (Å²) in [5.74, 6) is -0.674.